The Morgan fingerprint density at radius 3 is 1.30 bits per heavy atom. The normalized spacial score (nSPS) is 11.5. The molecular weight excluding hydrogens is 562 g/mol. The van der Waals surface area contributed by atoms with Gasteiger partial charge in [-0.2, -0.15) is 0 Å². The number of anilines is 4. The van der Waals surface area contributed by atoms with Crippen LogP contribution in [-0.2, 0) is 0 Å². The summed E-state index contributed by atoms with van der Waals surface area (Å²) in [4.78, 5) is 4.73. The van der Waals surface area contributed by atoms with Crippen molar-refractivity contribution in [3.63, 3.8) is 0 Å². The highest BCUT2D eigenvalue weighted by atomic mass is 15.1. The fourth-order valence-corrected chi connectivity index (χ4v) is 6.74. The molecule has 0 aliphatic heterocycles. The largest absolute Gasteiger partial charge is 0.352 e. The van der Waals surface area contributed by atoms with Crippen LogP contribution in [0.3, 0.4) is 0 Å². The van der Waals surface area contributed by atoms with Crippen molar-refractivity contribution in [3.8, 4) is 11.4 Å². The third-order valence-electron chi connectivity index (χ3n) is 8.72. The number of fused-ring (bicyclic) bond motifs is 6. The molecule has 3 aromatic heterocycles. The van der Waals surface area contributed by atoms with E-state index in [9.17, 15) is 0 Å². The average molecular weight is 592 g/mol. The third kappa shape index (κ3) is 4.29. The van der Waals surface area contributed by atoms with Gasteiger partial charge in [-0.3, -0.25) is 0 Å². The summed E-state index contributed by atoms with van der Waals surface area (Å²) >= 11 is 0. The first-order valence-corrected chi connectivity index (χ1v) is 15.5. The van der Waals surface area contributed by atoms with Gasteiger partial charge < -0.3 is 19.8 Å². The summed E-state index contributed by atoms with van der Waals surface area (Å²) in [6, 6.07) is 55.4. The Morgan fingerprint density at radius 2 is 0.826 bits per heavy atom. The maximum atomic E-state index is 4.73. The van der Waals surface area contributed by atoms with Gasteiger partial charge in [-0.25, -0.2) is 4.98 Å². The van der Waals surface area contributed by atoms with E-state index in [0.717, 1.165) is 34.3 Å². The smallest absolute Gasteiger partial charge is 0.154 e. The fraction of sp³-hybridized carbons (Fsp3) is 0. The Labute approximate surface area is 266 Å². The highest BCUT2D eigenvalue weighted by Crippen LogP contribution is 2.35. The lowest BCUT2D eigenvalue weighted by atomic mass is 10.2. The van der Waals surface area contributed by atoms with Crippen molar-refractivity contribution in [1.82, 2.24) is 14.1 Å². The molecule has 0 bridgehead atoms. The summed E-state index contributed by atoms with van der Waals surface area (Å²) in [5.74, 6) is 0.754. The number of nitrogens with zero attached hydrogens (tertiary/aromatic N) is 3. The molecule has 0 aliphatic rings. The van der Waals surface area contributed by atoms with Gasteiger partial charge in [0.1, 0.15) is 0 Å². The number of rotatable bonds is 6. The summed E-state index contributed by atoms with van der Waals surface area (Å²) in [5, 5.41) is 12.2. The third-order valence-corrected chi connectivity index (χ3v) is 8.72. The molecule has 218 valence electrons. The summed E-state index contributed by atoms with van der Waals surface area (Å²) < 4.78 is 4.66. The van der Waals surface area contributed by atoms with Gasteiger partial charge in [-0.05, 0) is 72.8 Å². The Kier molecular flexibility index (Phi) is 6.06. The van der Waals surface area contributed by atoms with Crippen LogP contribution in [0.1, 0.15) is 0 Å². The van der Waals surface area contributed by atoms with Gasteiger partial charge in [-0.1, -0.05) is 84.9 Å². The molecule has 6 aromatic carbocycles. The molecule has 0 atom stereocenters. The van der Waals surface area contributed by atoms with E-state index in [1.807, 2.05) is 12.3 Å². The summed E-state index contributed by atoms with van der Waals surface area (Å²) in [6.45, 7) is 0. The molecule has 5 nitrogen and oxygen atoms in total. The first-order chi connectivity index (χ1) is 22.8. The SMILES string of the molecule is c1cc(Nc2cccnc2Nc2cccc(-n3c4ccccc4c4ccccc43)c2)cc(-n2c3ccccc3c3ccccc32)c1. The minimum absolute atomic E-state index is 0.754. The fourth-order valence-electron chi connectivity index (χ4n) is 6.74. The van der Waals surface area contributed by atoms with Crippen LogP contribution in [-0.4, -0.2) is 14.1 Å². The lowest BCUT2D eigenvalue weighted by Crippen LogP contribution is -2.01. The molecule has 0 unspecified atom stereocenters. The lowest BCUT2D eigenvalue weighted by molar-refractivity contribution is 1.18. The van der Waals surface area contributed by atoms with Crippen LogP contribution in [0.25, 0.3) is 55.0 Å². The zero-order valence-electron chi connectivity index (χ0n) is 24.9. The molecule has 3 heterocycles. The van der Waals surface area contributed by atoms with Crippen molar-refractivity contribution in [2.75, 3.05) is 10.6 Å². The van der Waals surface area contributed by atoms with Crippen LogP contribution >= 0.6 is 0 Å². The van der Waals surface area contributed by atoms with Crippen molar-refractivity contribution in [2.24, 2.45) is 0 Å². The molecule has 0 fully saturated rings. The number of hydrogen-bond acceptors (Lipinski definition) is 3. The number of benzene rings is 6. The van der Waals surface area contributed by atoms with Crippen molar-refractivity contribution < 1.29 is 0 Å². The monoisotopic (exact) mass is 591 g/mol. The topological polar surface area (TPSA) is 46.8 Å². The quantitative estimate of drug-likeness (QED) is 0.202. The van der Waals surface area contributed by atoms with Gasteiger partial charge in [0, 0.05) is 50.5 Å². The van der Waals surface area contributed by atoms with Crippen LogP contribution in [0, 0.1) is 0 Å². The number of para-hydroxylation sites is 4. The van der Waals surface area contributed by atoms with E-state index in [-0.39, 0.29) is 0 Å². The summed E-state index contributed by atoms with van der Waals surface area (Å²) in [5.41, 5.74) is 9.76. The molecule has 0 saturated heterocycles. The lowest BCUT2D eigenvalue weighted by Gasteiger charge is -2.15. The van der Waals surface area contributed by atoms with Crippen LogP contribution < -0.4 is 10.6 Å². The van der Waals surface area contributed by atoms with Crippen molar-refractivity contribution in [2.45, 2.75) is 0 Å². The van der Waals surface area contributed by atoms with E-state index in [1.165, 1.54) is 43.6 Å². The number of nitrogens with one attached hydrogen (secondary N) is 2. The zero-order chi connectivity index (χ0) is 30.5. The Bertz CT molecular complexity index is 2270. The molecular formula is C41H29N5. The highest BCUT2D eigenvalue weighted by molar-refractivity contribution is 6.10. The van der Waals surface area contributed by atoms with Crippen LogP contribution in [0.4, 0.5) is 22.9 Å². The summed E-state index contributed by atoms with van der Waals surface area (Å²) in [6.07, 6.45) is 1.82. The number of pyridine rings is 1. The molecule has 46 heavy (non-hydrogen) atoms. The molecule has 0 saturated carbocycles. The molecule has 9 aromatic rings. The van der Waals surface area contributed by atoms with E-state index in [1.54, 1.807) is 0 Å². The molecule has 0 spiro atoms. The number of aromatic nitrogens is 3. The molecule has 0 radical (unpaired) electrons. The minimum Gasteiger partial charge on any atom is -0.352 e. The van der Waals surface area contributed by atoms with Crippen LogP contribution in [0.5, 0.6) is 0 Å². The molecule has 9 rings (SSSR count). The van der Waals surface area contributed by atoms with Crippen molar-refractivity contribution >= 4 is 66.5 Å². The van der Waals surface area contributed by atoms with Crippen molar-refractivity contribution in [1.29, 1.82) is 0 Å². The Balaban J connectivity index is 1.07. The molecule has 2 N–H and O–H groups in total. The second-order valence-electron chi connectivity index (χ2n) is 11.5. The van der Waals surface area contributed by atoms with E-state index in [2.05, 4.69) is 171 Å². The van der Waals surface area contributed by atoms with Crippen LogP contribution in [0.2, 0.25) is 0 Å². The van der Waals surface area contributed by atoms with E-state index >= 15 is 0 Å². The highest BCUT2D eigenvalue weighted by Gasteiger charge is 2.14. The Morgan fingerprint density at radius 1 is 0.391 bits per heavy atom. The van der Waals surface area contributed by atoms with Gasteiger partial charge in [0.2, 0.25) is 0 Å². The average Bonchev–Trinajstić information content (AvgIpc) is 3.63. The number of hydrogen-bond donors (Lipinski definition) is 2. The first kappa shape index (κ1) is 26.1. The van der Waals surface area contributed by atoms with E-state index < -0.39 is 0 Å². The van der Waals surface area contributed by atoms with Gasteiger partial charge >= 0.3 is 0 Å². The van der Waals surface area contributed by atoms with Crippen molar-refractivity contribution in [3.05, 3.63) is 164 Å². The van der Waals surface area contributed by atoms with Crippen LogP contribution in [0.15, 0.2) is 164 Å². The van der Waals surface area contributed by atoms with Gasteiger partial charge in [0.25, 0.3) is 0 Å². The standard InChI is InChI=1S/C41H29N5/c1-5-21-37-32(16-1)33-17-2-6-22-38(33)45(37)30-14-9-12-28(26-30)43-36-20-11-25-42-41(36)44-29-13-10-15-31(27-29)46-39-23-7-3-18-34(39)35-19-4-8-24-40(35)46/h1-27,43H,(H,42,44). The molecule has 0 aliphatic carbocycles. The molecule has 5 heteroatoms. The van der Waals surface area contributed by atoms with Gasteiger partial charge in [-0.15, -0.1) is 0 Å². The Hall–Kier alpha value is -6.33. The minimum atomic E-state index is 0.754. The predicted octanol–water partition coefficient (Wildman–Crippen LogP) is 10.8. The maximum Gasteiger partial charge on any atom is 0.154 e. The van der Waals surface area contributed by atoms with E-state index in [4.69, 9.17) is 4.98 Å². The van der Waals surface area contributed by atoms with E-state index in [0.29, 0.717) is 0 Å². The predicted molar refractivity (Wildman–Crippen MR) is 192 cm³/mol. The maximum absolute atomic E-state index is 4.73. The first-order valence-electron chi connectivity index (χ1n) is 15.5. The zero-order valence-corrected chi connectivity index (χ0v) is 24.9. The van der Waals surface area contributed by atoms with Gasteiger partial charge in [0.15, 0.2) is 5.82 Å². The second kappa shape index (κ2) is 10.7. The molecule has 0 amide bonds. The van der Waals surface area contributed by atoms with Gasteiger partial charge in [0.05, 0.1) is 27.8 Å². The second-order valence-corrected chi connectivity index (χ2v) is 11.5. The summed E-state index contributed by atoms with van der Waals surface area (Å²) in [7, 11) is 0.